The quantitative estimate of drug-likeness (QED) is 0.545. The Hall–Kier alpha value is -2.10. The average Bonchev–Trinajstić information content (AvgIpc) is 3.28. The SMILES string of the molecule is CSc1nc(N[C@H]2CC[C@@H](Oc3cc(N4CCOCC4)cc4nccnc34)CC2)cs1. The number of hydrogen-bond acceptors (Lipinski definition) is 9. The molecule has 2 aliphatic rings. The zero-order valence-corrected chi connectivity index (χ0v) is 19.3. The van der Waals surface area contributed by atoms with E-state index in [4.69, 9.17) is 9.47 Å². The van der Waals surface area contributed by atoms with Crippen LogP contribution in [0.5, 0.6) is 5.75 Å². The van der Waals surface area contributed by atoms with E-state index in [9.17, 15) is 0 Å². The molecule has 1 aliphatic heterocycles. The lowest BCUT2D eigenvalue weighted by molar-refractivity contribution is 0.122. The van der Waals surface area contributed by atoms with Gasteiger partial charge in [0.05, 0.1) is 24.8 Å². The molecule has 3 heterocycles. The highest BCUT2D eigenvalue weighted by molar-refractivity contribution is 8.00. The van der Waals surface area contributed by atoms with E-state index >= 15 is 0 Å². The van der Waals surface area contributed by atoms with Crippen molar-refractivity contribution >= 4 is 45.6 Å². The van der Waals surface area contributed by atoms with E-state index in [2.05, 4.69) is 48.9 Å². The summed E-state index contributed by atoms with van der Waals surface area (Å²) in [5, 5.41) is 5.70. The van der Waals surface area contributed by atoms with Crippen LogP contribution in [0.3, 0.4) is 0 Å². The number of fused-ring (bicyclic) bond motifs is 1. The molecule has 31 heavy (non-hydrogen) atoms. The van der Waals surface area contributed by atoms with Gasteiger partial charge in [-0.15, -0.1) is 11.3 Å². The molecule has 1 saturated heterocycles. The monoisotopic (exact) mass is 457 g/mol. The number of nitrogens with one attached hydrogen (secondary N) is 1. The Bertz CT molecular complexity index is 1020. The molecule has 9 heteroatoms. The van der Waals surface area contributed by atoms with Crippen molar-refractivity contribution in [2.24, 2.45) is 0 Å². The molecule has 0 spiro atoms. The predicted octanol–water partition coefficient (Wildman–Crippen LogP) is 4.45. The predicted molar refractivity (Wildman–Crippen MR) is 127 cm³/mol. The fourth-order valence-corrected chi connectivity index (χ4v) is 5.46. The van der Waals surface area contributed by atoms with Crippen LogP contribution in [0, 0.1) is 0 Å². The van der Waals surface area contributed by atoms with Crippen molar-refractivity contribution in [1.29, 1.82) is 0 Å². The molecule has 2 aromatic heterocycles. The van der Waals surface area contributed by atoms with Crippen LogP contribution in [0.15, 0.2) is 34.2 Å². The topological polar surface area (TPSA) is 72.4 Å². The van der Waals surface area contributed by atoms with Gasteiger partial charge in [0.2, 0.25) is 0 Å². The van der Waals surface area contributed by atoms with Crippen molar-refractivity contribution in [3.8, 4) is 5.75 Å². The molecular weight excluding hydrogens is 430 g/mol. The number of benzene rings is 1. The highest BCUT2D eigenvalue weighted by atomic mass is 32.2. The van der Waals surface area contributed by atoms with E-state index in [1.165, 1.54) is 0 Å². The fraction of sp³-hybridized carbons (Fsp3) is 0.500. The summed E-state index contributed by atoms with van der Waals surface area (Å²) in [5.74, 6) is 1.84. The van der Waals surface area contributed by atoms with Gasteiger partial charge in [-0.2, -0.15) is 0 Å². The number of morpholine rings is 1. The Morgan fingerprint density at radius 2 is 1.94 bits per heavy atom. The number of thioether (sulfide) groups is 1. The first-order valence-electron chi connectivity index (χ1n) is 10.8. The highest BCUT2D eigenvalue weighted by Gasteiger charge is 2.24. The molecule has 5 rings (SSSR count). The number of thiazole rings is 1. The van der Waals surface area contributed by atoms with E-state index < -0.39 is 0 Å². The summed E-state index contributed by atoms with van der Waals surface area (Å²) in [4.78, 5) is 16.0. The second-order valence-corrected chi connectivity index (χ2v) is 9.82. The van der Waals surface area contributed by atoms with Crippen molar-refractivity contribution in [2.45, 2.75) is 42.2 Å². The Kier molecular flexibility index (Phi) is 6.42. The lowest BCUT2D eigenvalue weighted by Crippen LogP contribution is -2.36. The zero-order valence-electron chi connectivity index (χ0n) is 17.6. The lowest BCUT2D eigenvalue weighted by atomic mass is 9.93. The molecule has 7 nitrogen and oxygen atoms in total. The molecule has 0 bridgehead atoms. The van der Waals surface area contributed by atoms with Crippen LogP contribution >= 0.6 is 23.1 Å². The fourth-order valence-electron chi connectivity index (χ4n) is 4.25. The maximum absolute atomic E-state index is 6.52. The van der Waals surface area contributed by atoms with Crippen LogP contribution in [-0.4, -0.2) is 59.7 Å². The van der Waals surface area contributed by atoms with Gasteiger partial charge >= 0.3 is 0 Å². The molecule has 0 amide bonds. The van der Waals surface area contributed by atoms with Gasteiger partial charge < -0.3 is 19.7 Å². The first-order valence-corrected chi connectivity index (χ1v) is 12.9. The second-order valence-electron chi connectivity index (χ2n) is 7.91. The van der Waals surface area contributed by atoms with Gasteiger partial charge in [-0.1, -0.05) is 11.8 Å². The summed E-state index contributed by atoms with van der Waals surface area (Å²) in [6.45, 7) is 3.28. The molecular formula is C22H27N5O2S2. The van der Waals surface area contributed by atoms with Crippen LogP contribution in [0.1, 0.15) is 25.7 Å². The van der Waals surface area contributed by atoms with Crippen molar-refractivity contribution in [1.82, 2.24) is 15.0 Å². The van der Waals surface area contributed by atoms with Crippen LogP contribution in [0.4, 0.5) is 11.5 Å². The zero-order chi connectivity index (χ0) is 21.0. The third kappa shape index (κ3) is 4.88. The number of nitrogens with zero attached hydrogens (tertiary/aromatic N) is 4. The highest BCUT2D eigenvalue weighted by Crippen LogP contribution is 2.33. The summed E-state index contributed by atoms with van der Waals surface area (Å²) < 4.78 is 13.1. The molecule has 1 aromatic carbocycles. The Balaban J connectivity index is 1.27. The number of ether oxygens (including phenoxy) is 2. The first kappa shape index (κ1) is 20.8. The minimum Gasteiger partial charge on any atom is -0.488 e. The maximum Gasteiger partial charge on any atom is 0.152 e. The van der Waals surface area contributed by atoms with Crippen molar-refractivity contribution in [3.05, 3.63) is 29.9 Å². The van der Waals surface area contributed by atoms with Crippen molar-refractivity contribution < 1.29 is 9.47 Å². The van der Waals surface area contributed by atoms with E-state index in [0.717, 1.165) is 84.6 Å². The van der Waals surface area contributed by atoms with Crippen LogP contribution in [0.2, 0.25) is 0 Å². The van der Waals surface area contributed by atoms with Crippen molar-refractivity contribution in [2.75, 3.05) is 42.8 Å². The summed E-state index contributed by atoms with van der Waals surface area (Å²) in [5.41, 5.74) is 2.85. The number of rotatable bonds is 6. The minimum atomic E-state index is 0.195. The Labute approximate surface area is 190 Å². The molecule has 0 radical (unpaired) electrons. The lowest BCUT2D eigenvalue weighted by Gasteiger charge is -2.31. The number of aromatic nitrogens is 3. The smallest absolute Gasteiger partial charge is 0.152 e. The van der Waals surface area contributed by atoms with Crippen molar-refractivity contribution in [3.63, 3.8) is 0 Å². The standard InChI is InChI=1S/C22H27N5O2S2/c1-30-22-26-20(14-31-22)25-15-2-4-17(5-3-15)29-19-13-16(27-8-10-28-11-9-27)12-18-21(19)24-7-6-23-18/h6-7,12-15,17,25H,2-5,8-11H2,1H3/t15-,17+. The van der Waals surface area contributed by atoms with E-state index in [1.54, 1.807) is 35.5 Å². The number of anilines is 2. The van der Waals surface area contributed by atoms with Gasteiger partial charge in [-0.3, -0.25) is 4.98 Å². The third-order valence-corrected chi connectivity index (χ3v) is 7.74. The Morgan fingerprint density at radius 3 is 2.71 bits per heavy atom. The summed E-state index contributed by atoms with van der Waals surface area (Å²) in [6.07, 6.45) is 9.91. The van der Waals surface area contributed by atoms with Gasteiger partial charge in [0.1, 0.15) is 17.1 Å². The molecule has 1 saturated carbocycles. The molecule has 0 atom stereocenters. The largest absolute Gasteiger partial charge is 0.488 e. The van der Waals surface area contributed by atoms with Gasteiger partial charge in [-0.25, -0.2) is 9.97 Å². The molecule has 2 fully saturated rings. The molecule has 1 N–H and O–H groups in total. The van der Waals surface area contributed by atoms with Crippen LogP contribution in [0.25, 0.3) is 11.0 Å². The summed E-state index contributed by atoms with van der Waals surface area (Å²) in [7, 11) is 0. The molecule has 164 valence electrons. The minimum absolute atomic E-state index is 0.195. The van der Waals surface area contributed by atoms with E-state index in [1.807, 2.05) is 0 Å². The third-order valence-electron chi connectivity index (χ3n) is 5.88. The molecule has 3 aromatic rings. The normalized spacial score (nSPS) is 21.9. The average molecular weight is 458 g/mol. The summed E-state index contributed by atoms with van der Waals surface area (Å²) in [6, 6.07) is 4.69. The Morgan fingerprint density at radius 1 is 1.13 bits per heavy atom. The summed E-state index contributed by atoms with van der Waals surface area (Å²) >= 11 is 3.39. The molecule has 0 unspecified atom stereocenters. The number of hydrogen-bond donors (Lipinski definition) is 1. The first-order chi connectivity index (χ1) is 15.3. The van der Waals surface area contributed by atoms with E-state index in [-0.39, 0.29) is 6.10 Å². The molecule has 1 aliphatic carbocycles. The van der Waals surface area contributed by atoms with Gasteiger partial charge in [0, 0.05) is 48.7 Å². The second kappa shape index (κ2) is 9.58. The van der Waals surface area contributed by atoms with E-state index in [0.29, 0.717) is 6.04 Å². The van der Waals surface area contributed by atoms with Crippen LogP contribution in [-0.2, 0) is 4.74 Å². The van der Waals surface area contributed by atoms with Gasteiger partial charge in [-0.05, 0) is 38.0 Å². The maximum atomic E-state index is 6.52. The van der Waals surface area contributed by atoms with Gasteiger partial charge in [0.25, 0.3) is 0 Å². The van der Waals surface area contributed by atoms with Crippen LogP contribution < -0.4 is 15.0 Å². The van der Waals surface area contributed by atoms with Gasteiger partial charge in [0.15, 0.2) is 4.34 Å².